The molecule has 2 N–H and O–H groups in total. The smallest absolute Gasteiger partial charge is 0.313 e. The number of aliphatic hydroxyl groups is 1. The molecule has 11 nitrogen and oxygen atoms in total. The van der Waals surface area contributed by atoms with Gasteiger partial charge in [-0.15, -0.1) is 13.2 Å². The van der Waals surface area contributed by atoms with E-state index in [0.29, 0.717) is 37.8 Å². The molecule has 3 saturated heterocycles. The maximum Gasteiger partial charge on any atom is 0.313 e. The maximum absolute atomic E-state index is 14.7. The van der Waals surface area contributed by atoms with Gasteiger partial charge in [-0.1, -0.05) is 71.3 Å². The number of alkyl halides is 1. The lowest BCUT2D eigenvalue weighted by molar-refractivity contribution is -0.163. The zero-order valence-electron chi connectivity index (χ0n) is 29.9. The van der Waals surface area contributed by atoms with Gasteiger partial charge in [-0.3, -0.25) is 19.2 Å². The highest BCUT2D eigenvalue weighted by atomic mass is 79.9. The average Bonchev–Trinajstić information content (AvgIpc) is 3.67. The summed E-state index contributed by atoms with van der Waals surface area (Å²) in [6.07, 6.45) is 5.61. The fourth-order valence-corrected chi connectivity index (χ4v) is 8.71. The first-order chi connectivity index (χ1) is 23.9. The van der Waals surface area contributed by atoms with E-state index in [0.717, 1.165) is 12.8 Å². The summed E-state index contributed by atoms with van der Waals surface area (Å²) in [6.45, 7) is 14.1. The molecule has 3 aliphatic rings. The van der Waals surface area contributed by atoms with Gasteiger partial charge in [-0.2, -0.15) is 0 Å². The number of hydrogen-bond donors (Lipinski definition) is 2. The number of amides is 3. The Kier molecular flexibility index (Phi) is 13.9. The first-order valence-electron chi connectivity index (χ1n) is 17.7. The number of fused-ring (bicyclic) bond motifs is 1. The van der Waals surface area contributed by atoms with Crippen LogP contribution in [0.2, 0.25) is 0 Å². The summed E-state index contributed by atoms with van der Waals surface area (Å²) in [5.41, 5.74) is -1.17. The number of carbonyl (C=O) groups excluding carboxylic acids is 4. The lowest BCUT2D eigenvalue weighted by Gasteiger charge is -2.42. The van der Waals surface area contributed by atoms with Gasteiger partial charge in [0.2, 0.25) is 17.7 Å². The number of esters is 1. The molecular weight excluding hydrogens is 706 g/mol. The van der Waals surface area contributed by atoms with Gasteiger partial charge in [0.1, 0.15) is 17.7 Å². The number of carbonyl (C=O) groups is 4. The SMILES string of the molecule is C=CCCC(=O)N[C@@H](COC)[C@@H](OC(=O)[C@H]1[C@@H]2O[C@@]3(CC2Br)[C@@H]1C(=O)N(CCCCCCO)[C@@H]3C(=O)N(CC=C)C(C)(C)C)c1ccccc1. The summed E-state index contributed by atoms with van der Waals surface area (Å²) in [5.74, 6) is -3.36. The highest BCUT2D eigenvalue weighted by Crippen LogP contribution is 2.60. The number of rotatable bonds is 19. The molecule has 3 heterocycles. The maximum atomic E-state index is 14.7. The fraction of sp³-hybridized carbons (Fsp3) is 0.632. The van der Waals surface area contributed by atoms with Gasteiger partial charge < -0.3 is 34.4 Å². The molecule has 4 rings (SSSR count). The molecule has 0 saturated carbocycles. The van der Waals surface area contributed by atoms with Crippen LogP contribution in [-0.2, 0) is 33.4 Å². The highest BCUT2D eigenvalue weighted by Gasteiger charge is 2.77. The number of ether oxygens (including phenoxy) is 3. The third-order valence-electron chi connectivity index (χ3n) is 9.99. The summed E-state index contributed by atoms with van der Waals surface area (Å²) in [6, 6.07) is 7.45. The van der Waals surface area contributed by atoms with Crippen LogP contribution in [0.15, 0.2) is 55.6 Å². The second kappa shape index (κ2) is 17.4. The van der Waals surface area contributed by atoms with Gasteiger partial charge in [-0.25, -0.2) is 0 Å². The largest absolute Gasteiger partial charge is 0.455 e. The summed E-state index contributed by atoms with van der Waals surface area (Å²) in [5, 5.41) is 12.2. The Hall–Kier alpha value is -3.06. The van der Waals surface area contributed by atoms with Crippen LogP contribution in [0.5, 0.6) is 0 Å². The summed E-state index contributed by atoms with van der Waals surface area (Å²) >= 11 is 3.75. The average molecular weight is 761 g/mol. The van der Waals surface area contributed by atoms with Crippen molar-refractivity contribution in [2.75, 3.05) is 33.4 Å². The van der Waals surface area contributed by atoms with Crippen molar-refractivity contribution >= 4 is 39.6 Å². The minimum Gasteiger partial charge on any atom is -0.455 e. The van der Waals surface area contributed by atoms with E-state index in [-0.39, 0.29) is 48.7 Å². The number of hydrogen-bond acceptors (Lipinski definition) is 8. The van der Waals surface area contributed by atoms with Crippen LogP contribution in [0.3, 0.4) is 0 Å². The Labute approximate surface area is 304 Å². The molecule has 276 valence electrons. The Morgan fingerprint density at radius 3 is 2.48 bits per heavy atom. The van der Waals surface area contributed by atoms with Crippen LogP contribution in [0.1, 0.15) is 77.4 Å². The molecule has 8 atom stereocenters. The van der Waals surface area contributed by atoms with E-state index < -0.39 is 53.2 Å². The number of nitrogens with zero attached hydrogens (tertiary/aromatic N) is 2. The lowest BCUT2D eigenvalue weighted by atomic mass is 9.70. The van der Waals surface area contributed by atoms with Crippen molar-refractivity contribution in [3.8, 4) is 0 Å². The number of nitrogens with one attached hydrogen (secondary N) is 1. The number of aliphatic hydroxyl groups excluding tert-OH is 1. The van der Waals surface area contributed by atoms with Crippen molar-refractivity contribution in [2.45, 2.75) is 106 Å². The minimum absolute atomic E-state index is 0.0667. The molecule has 1 spiro atoms. The predicted molar refractivity (Wildman–Crippen MR) is 193 cm³/mol. The van der Waals surface area contributed by atoms with Crippen LogP contribution >= 0.6 is 15.9 Å². The Balaban J connectivity index is 1.72. The van der Waals surface area contributed by atoms with Crippen LogP contribution in [0.4, 0.5) is 0 Å². The molecule has 0 aromatic heterocycles. The van der Waals surface area contributed by atoms with E-state index >= 15 is 0 Å². The molecule has 0 aliphatic carbocycles. The molecule has 2 bridgehead atoms. The number of benzene rings is 1. The van der Waals surface area contributed by atoms with Gasteiger partial charge in [-0.05, 0) is 52.0 Å². The molecule has 3 fully saturated rings. The summed E-state index contributed by atoms with van der Waals surface area (Å²) < 4.78 is 18.5. The molecule has 1 unspecified atom stereocenters. The minimum atomic E-state index is -1.25. The number of methoxy groups -OCH3 is 1. The Morgan fingerprint density at radius 2 is 1.86 bits per heavy atom. The summed E-state index contributed by atoms with van der Waals surface area (Å²) in [7, 11) is 1.51. The van der Waals surface area contributed by atoms with Gasteiger partial charge in [0.25, 0.3) is 0 Å². The van der Waals surface area contributed by atoms with E-state index in [1.54, 1.807) is 22.0 Å². The van der Waals surface area contributed by atoms with E-state index in [9.17, 15) is 24.3 Å². The molecule has 12 heteroatoms. The number of allylic oxidation sites excluding steroid dienone is 1. The number of likely N-dealkylation sites (tertiary alicyclic amines) is 1. The molecular formula is C38H54BrN3O8. The van der Waals surface area contributed by atoms with E-state index in [1.807, 2.05) is 51.1 Å². The topological polar surface area (TPSA) is 135 Å². The third kappa shape index (κ3) is 8.35. The second-order valence-corrected chi connectivity index (χ2v) is 15.6. The second-order valence-electron chi connectivity index (χ2n) is 14.5. The van der Waals surface area contributed by atoms with Crippen molar-refractivity contribution in [1.29, 1.82) is 0 Å². The van der Waals surface area contributed by atoms with Crippen LogP contribution in [-0.4, -0.2) is 106 Å². The van der Waals surface area contributed by atoms with Gasteiger partial charge in [0.15, 0.2) is 0 Å². The van der Waals surface area contributed by atoms with Crippen LogP contribution in [0.25, 0.3) is 0 Å². The number of unbranched alkanes of at least 4 members (excludes halogenated alkanes) is 3. The molecule has 50 heavy (non-hydrogen) atoms. The van der Waals surface area contributed by atoms with Gasteiger partial charge >= 0.3 is 5.97 Å². The first-order valence-corrected chi connectivity index (χ1v) is 18.6. The third-order valence-corrected chi connectivity index (χ3v) is 10.8. The monoisotopic (exact) mass is 759 g/mol. The normalized spacial score (nSPS) is 26.6. The standard InChI is InChI=1S/C38H54BrN3O8/c1-7-9-19-28(44)40-27(24-48-6)31(25-17-13-12-14-18-25)49-36(47)29-30-34(45)41(21-15-10-11-16-22-43)33(38(30)23-26(39)32(29)50-38)35(46)42(20-8-2)37(3,4)5/h7-8,12-14,17-18,26-27,29-33,43H,1-2,9-11,15-16,19-24H2,3-6H3,(H,40,44)/t26?,27-,29+,30-,31-,32+,33+,38-/m0/s1. The van der Waals surface area contributed by atoms with Gasteiger partial charge in [0, 0.05) is 43.6 Å². The predicted octanol–water partition coefficient (Wildman–Crippen LogP) is 4.48. The van der Waals surface area contributed by atoms with E-state index in [2.05, 4.69) is 34.4 Å². The van der Waals surface area contributed by atoms with E-state index in [1.165, 1.54) is 7.11 Å². The molecule has 1 aromatic rings. The Bertz CT molecular complexity index is 1370. The fourth-order valence-electron chi connectivity index (χ4n) is 7.76. The van der Waals surface area contributed by atoms with Crippen molar-refractivity contribution in [1.82, 2.24) is 15.1 Å². The zero-order chi connectivity index (χ0) is 36.6. The molecule has 3 aliphatic heterocycles. The van der Waals surface area contributed by atoms with Crippen molar-refractivity contribution in [2.24, 2.45) is 11.8 Å². The van der Waals surface area contributed by atoms with Gasteiger partial charge in [0.05, 0.1) is 30.6 Å². The molecule has 0 radical (unpaired) electrons. The molecule has 3 amide bonds. The van der Waals surface area contributed by atoms with Crippen molar-refractivity contribution < 1.29 is 38.5 Å². The van der Waals surface area contributed by atoms with E-state index in [4.69, 9.17) is 14.2 Å². The van der Waals surface area contributed by atoms with Crippen LogP contribution < -0.4 is 5.32 Å². The lowest BCUT2D eigenvalue weighted by Crippen LogP contribution is -2.60. The van der Waals surface area contributed by atoms with Crippen LogP contribution in [0, 0.1) is 11.8 Å². The van der Waals surface area contributed by atoms with Crippen molar-refractivity contribution in [3.63, 3.8) is 0 Å². The Morgan fingerprint density at radius 1 is 1.16 bits per heavy atom. The summed E-state index contributed by atoms with van der Waals surface area (Å²) in [4.78, 5) is 59.7. The molecule has 1 aromatic carbocycles. The number of halogens is 1. The first kappa shape index (κ1) is 39.7. The van der Waals surface area contributed by atoms with Crippen molar-refractivity contribution in [3.05, 3.63) is 61.2 Å². The zero-order valence-corrected chi connectivity index (χ0v) is 31.4. The quantitative estimate of drug-likeness (QED) is 0.0913. The highest BCUT2D eigenvalue weighted by molar-refractivity contribution is 9.09.